The maximum Gasteiger partial charge on any atom is 0.389 e. The van der Waals surface area contributed by atoms with Gasteiger partial charge in [-0.15, -0.1) is 0 Å². The lowest BCUT2D eigenvalue weighted by atomic mass is 10.2. The summed E-state index contributed by atoms with van der Waals surface area (Å²) in [6.07, 6.45) is 1.39. The molecular weight excluding hydrogens is 335 g/mol. The lowest BCUT2D eigenvalue weighted by Gasteiger charge is -2.01. The van der Waals surface area contributed by atoms with Crippen molar-refractivity contribution in [2.75, 3.05) is 0 Å². The fourth-order valence-electron chi connectivity index (χ4n) is 1.95. The number of rotatable bonds is 6. The molecule has 3 rings (SSSR count). The van der Waals surface area contributed by atoms with E-state index in [0.29, 0.717) is 5.56 Å². The molecule has 128 valence electrons. The van der Waals surface area contributed by atoms with E-state index in [2.05, 4.69) is 20.6 Å². The molecule has 0 fully saturated rings. The van der Waals surface area contributed by atoms with Crippen LogP contribution in [-0.2, 0) is 13.1 Å². The van der Waals surface area contributed by atoms with Gasteiger partial charge < -0.3 is 20.0 Å². The second kappa shape index (κ2) is 6.86. The molecule has 0 radical (unpaired) electrons. The maximum atomic E-state index is 12.8. The zero-order valence-electron chi connectivity index (χ0n) is 12.6. The maximum absolute atomic E-state index is 12.8. The van der Waals surface area contributed by atoms with E-state index in [1.807, 2.05) is 0 Å². The van der Waals surface area contributed by atoms with Crippen LogP contribution in [0.1, 0.15) is 22.1 Å². The van der Waals surface area contributed by atoms with Gasteiger partial charge in [0.1, 0.15) is 12.4 Å². The van der Waals surface area contributed by atoms with Gasteiger partial charge >= 0.3 is 17.6 Å². The molecule has 1 N–H and O–H groups in total. The van der Waals surface area contributed by atoms with Crippen LogP contribution in [0.3, 0.4) is 0 Å². The largest absolute Gasteiger partial charge is 0.389 e. The summed E-state index contributed by atoms with van der Waals surface area (Å²) in [7, 11) is 0. The molecule has 0 spiro atoms. The van der Waals surface area contributed by atoms with Crippen molar-refractivity contribution in [2.45, 2.75) is 13.1 Å². The Bertz CT molecular complexity index is 904. The standard InChI is InChI=1S/C14H11FN6O4/c15-10-3-1-9(2-4-10)7-16-13(22)14-17-11(19-25-14)8-20-6-5-12(18-20)21(23)24/h1-6H,7-8H2,(H,16,22). The third-order valence-corrected chi connectivity index (χ3v) is 3.15. The molecule has 0 aliphatic carbocycles. The number of aromatic nitrogens is 4. The highest BCUT2D eigenvalue weighted by Gasteiger charge is 2.17. The predicted octanol–water partition coefficient (Wildman–Crippen LogP) is 1.29. The molecule has 0 aliphatic rings. The lowest BCUT2D eigenvalue weighted by Crippen LogP contribution is -2.23. The van der Waals surface area contributed by atoms with E-state index in [1.165, 1.54) is 29.1 Å². The van der Waals surface area contributed by atoms with Crippen LogP contribution >= 0.6 is 0 Å². The molecule has 0 unspecified atom stereocenters. The van der Waals surface area contributed by atoms with Crippen LogP contribution in [0.5, 0.6) is 0 Å². The first-order valence-corrected chi connectivity index (χ1v) is 7.04. The first kappa shape index (κ1) is 16.2. The summed E-state index contributed by atoms with van der Waals surface area (Å²) in [5, 5.41) is 20.5. The molecule has 11 heteroatoms. The molecule has 2 heterocycles. The van der Waals surface area contributed by atoms with Crippen molar-refractivity contribution >= 4 is 11.7 Å². The van der Waals surface area contributed by atoms with Gasteiger partial charge in [0.15, 0.2) is 5.82 Å². The van der Waals surface area contributed by atoms with Gasteiger partial charge in [0.2, 0.25) is 0 Å². The Hall–Kier alpha value is -3.63. The van der Waals surface area contributed by atoms with E-state index < -0.39 is 10.8 Å². The van der Waals surface area contributed by atoms with Crippen molar-refractivity contribution in [1.82, 2.24) is 25.2 Å². The summed E-state index contributed by atoms with van der Waals surface area (Å²) in [6, 6.07) is 6.89. The third kappa shape index (κ3) is 4.02. The second-order valence-corrected chi connectivity index (χ2v) is 4.95. The molecule has 2 aromatic heterocycles. The Morgan fingerprint density at radius 2 is 2.08 bits per heavy atom. The molecule has 0 aliphatic heterocycles. The van der Waals surface area contributed by atoms with Crippen molar-refractivity contribution in [3.05, 3.63) is 69.7 Å². The number of halogens is 1. The summed E-state index contributed by atoms with van der Waals surface area (Å²) in [5.74, 6) is -1.37. The highest BCUT2D eigenvalue weighted by atomic mass is 19.1. The number of carbonyl (C=O) groups excluding carboxylic acids is 1. The first-order chi connectivity index (χ1) is 12.0. The number of hydrogen-bond acceptors (Lipinski definition) is 7. The number of benzene rings is 1. The minimum Gasteiger partial charge on any atom is -0.358 e. The minimum absolute atomic E-state index is 0.0165. The second-order valence-electron chi connectivity index (χ2n) is 4.95. The lowest BCUT2D eigenvalue weighted by molar-refractivity contribution is -0.389. The van der Waals surface area contributed by atoms with Crippen molar-refractivity contribution in [3.63, 3.8) is 0 Å². The number of hydrogen-bond donors (Lipinski definition) is 1. The number of carbonyl (C=O) groups is 1. The fraction of sp³-hybridized carbons (Fsp3) is 0.143. The molecule has 0 saturated heterocycles. The van der Waals surface area contributed by atoms with Gasteiger partial charge in [0.25, 0.3) is 0 Å². The van der Waals surface area contributed by atoms with Crippen molar-refractivity contribution in [1.29, 1.82) is 0 Å². The zero-order valence-corrected chi connectivity index (χ0v) is 12.6. The van der Waals surface area contributed by atoms with E-state index in [1.54, 1.807) is 12.1 Å². The number of nitrogens with zero attached hydrogens (tertiary/aromatic N) is 5. The molecule has 25 heavy (non-hydrogen) atoms. The fourth-order valence-corrected chi connectivity index (χ4v) is 1.95. The van der Waals surface area contributed by atoms with Crippen LogP contribution < -0.4 is 5.32 Å². The van der Waals surface area contributed by atoms with Crippen LogP contribution in [-0.4, -0.2) is 30.8 Å². The van der Waals surface area contributed by atoms with E-state index in [9.17, 15) is 19.3 Å². The third-order valence-electron chi connectivity index (χ3n) is 3.15. The molecule has 3 aromatic rings. The van der Waals surface area contributed by atoms with Crippen LogP contribution in [0.25, 0.3) is 0 Å². The number of amides is 1. The Balaban J connectivity index is 1.59. The normalized spacial score (nSPS) is 10.6. The predicted molar refractivity (Wildman–Crippen MR) is 79.9 cm³/mol. The molecule has 0 atom stereocenters. The average Bonchev–Trinajstić information content (AvgIpc) is 3.24. The highest BCUT2D eigenvalue weighted by Crippen LogP contribution is 2.07. The summed E-state index contributed by atoms with van der Waals surface area (Å²) in [6.45, 7) is 0.185. The molecule has 0 bridgehead atoms. The Kier molecular flexibility index (Phi) is 4.46. The van der Waals surface area contributed by atoms with Gasteiger partial charge in [-0.2, -0.15) is 9.67 Å². The quantitative estimate of drug-likeness (QED) is 0.526. The van der Waals surface area contributed by atoms with Crippen molar-refractivity contribution in [3.8, 4) is 0 Å². The van der Waals surface area contributed by atoms with Crippen molar-refractivity contribution < 1.29 is 18.6 Å². The number of nitrogens with one attached hydrogen (secondary N) is 1. The van der Waals surface area contributed by atoms with E-state index in [0.717, 1.165) is 0 Å². The molecule has 1 amide bonds. The Morgan fingerprint density at radius 3 is 2.76 bits per heavy atom. The zero-order chi connectivity index (χ0) is 17.8. The topological polar surface area (TPSA) is 129 Å². The minimum atomic E-state index is -0.624. The van der Waals surface area contributed by atoms with E-state index in [-0.39, 0.29) is 36.4 Å². The van der Waals surface area contributed by atoms with Gasteiger partial charge in [0, 0.05) is 6.54 Å². The molecule has 1 aromatic carbocycles. The van der Waals surface area contributed by atoms with Crippen molar-refractivity contribution in [2.24, 2.45) is 0 Å². The SMILES string of the molecule is O=C(NCc1ccc(F)cc1)c1nc(Cn2ccc([N+](=O)[O-])n2)no1. The van der Waals surface area contributed by atoms with E-state index in [4.69, 9.17) is 4.52 Å². The molecule has 10 nitrogen and oxygen atoms in total. The van der Waals surface area contributed by atoms with Gasteiger partial charge in [-0.1, -0.05) is 17.3 Å². The molecular formula is C14H11FN6O4. The van der Waals surface area contributed by atoms with Gasteiger partial charge in [-0.3, -0.25) is 4.79 Å². The molecule has 0 saturated carbocycles. The van der Waals surface area contributed by atoms with Gasteiger partial charge in [0.05, 0.1) is 17.4 Å². The smallest absolute Gasteiger partial charge is 0.358 e. The summed E-state index contributed by atoms with van der Waals surface area (Å²) >= 11 is 0. The monoisotopic (exact) mass is 346 g/mol. The summed E-state index contributed by atoms with van der Waals surface area (Å²) in [4.78, 5) is 25.8. The first-order valence-electron chi connectivity index (χ1n) is 7.04. The highest BCUT2D eigenvalue weighted by molar-refractivity contribution is 5.89. The van der Waals surface area contributed by atoms with Gasteiger partial charge in [-0.25, -0.2) is 4.39 Å². The Morgan fingerprint density at radius 1 is 1.32 bits per heavy atom. The average molecular weight is 346 g/mol. The van der Waals surface area contributed by atoms with Crippen LogP contribution in [0, 0.1) is 15.9 Å². The van der Waals surface area contributed by atoms with Crippen LogP contribution in [0.2, 0.25) is 0 Å². The summed E-state index contributed by atoms with van der Waals surface area (Å²) in [5.41, 5.74) is 0.707. The Labute approximate surface area is 139 Å². The van der Waals surface area contributed by atoms with Gasteiger partial charge in [-0.05, 0) is 22.6 Å². The number of nitro groups is 1. The van der Waals surface area contributed by atoms with E-state index >= 15 is 0 Å². The summed E-state index contributed by atoms with van der Waals surface area (Å²) < 4.78 is 18.9. The van der Waals surface area contributed by atoms with Crippen LogP contribution in [0.15, 0.2) is 41.1 Å². The van der Waals surface area contributed by atoms with Crippen LogP contribution in [0.4, 0.5) is 10.2 Å².